The number of nitrogens with zero attached hydrogens (tertiary/aromatic N) is 3. The first kappa shape index (κ1) is 14.9. The molecule has 0 radical (unpaired) electrons. The molecule has 1 atom stereocenters. The number of nitrogens with one attached hydrogen (secondary N) is 2. The summed E-state index contributed by atoms with van der Waals surface area (Å²) in [5.41, 5.74) is 5.24. The molecule has 1 aliphatic rings. The summed E-state index contributed by atoms with van der Waals surface area (Å²) < 4.78 is 1.90. The number of carbonyl (C=O) groups excluding carboxylic acids is 1. The minimum Gasteiger partial charge on any atom is -0.326 e. The lowest BCUT2D eigenvalue weighted by atomic mass is 9.83. The van der Waals surface area contributed by atoms with Gasteiger partial charge in [0.05, 0.1) is 18.3 Å². The molecule has 0 aliphatic carbocycles. The second kappa shape index (κ2) is 5.84. The number of amides is 1. The van der Waals surface area contributed by atoms with Crippen molar-refractivity contribution in [3.05, 3.63) is 77.7 Å². The highest BCUT2D eigenvalue weighted by molar-refractivity contribution is 5.98. The van der Waals surface area contributed by atoms with Gasteiger partial charge in [0.1, 0.15) is 0 Å². The highest BCUT2D eigenvalue weighted by Gasteiger charge is 2.27. The fourth-order valence-corrected chi connectivity index (χ4v) is 3.69. The van der Waals surface area contributed by atoms with Gasteiger partial charge < -0.3 is 5.32 Å². The zero-order valence-corrected chi connectivity index (χ0v) is 14.0. The standard InChI is InChI=1S/C20H17N5O/c26-20-9-16(17-8-15-11-21-24-18(15)10-19(17)23-20)14-4-1-3-13(7-14)12-25-6-2-5-22-25/h1-8,10-11,16H,9,12H2,(H,21,24)(H,23,26)/t16-/m1/s1. The van der Waals surface area contributed by atoms with Crippen LogP contribution in [0.5, 0.6) is 0 Å². The van der Waals surface area contributed by atoms with E-state index in [1.165, 1.54) is 5.56 Å². The summed E-state index contributed by atoms with van der Waals surface area (Å²) >= 11 is 0. The molecule has 2 aromatic carbocycles. The summed E-state index contributed by atoms with van der Waals surface area (Å²) in [6.45, 7) is 0.716. The number of anilines is 1. The van der Waals surface area contributed by atoms with Gasteiger partial charge in [-0.1, -0.05) is 24.3 Å². The Labute approximate surface area is 149 Å². The highest BCUT2D eigenvalue weighted by atomic mass is 16.1. The topological polar surface area (TPSA) is 75.6 Å². The molecular formula is C20H17N5O. The summed E-state index contributed by atoms with van der Waals surface area (Å²) in [4.78, 5) is 12.3. The summed E-state index contributed by atoms with van der Waals surface area (Å²) in [5, 5.41) is 15.4. The lowest BCUT2D eigenvalue weighted by molar-refractivity contribution is -0.116. The van der Waals surface area contributed by atoms with E-state index in [9.17, 15) is 4.79 Å². The van der Waals surface area contributed by atoms with Crippen LogP contribution in [-0.4, -0.2) is 25.9 Å². The van der Waals surface area contributed by atoms with Gasteiger partial charge in [0, 0.05) is 35.8 Å². The van der Waals surface area contributed by atoms with Gasteiger partial charge in [0.15, 0.2) is 0 Å². The Hall–Kier alpha value is -3.41. The van der Waals surface area contributed by atoms with E-state index in [1.54, 1.807) is 6.20 Å². The van der Waals surface area contributed by atoms with E-state index in [-0.39, 0.29) is 11.8 Å². The van der Waals surface area contributed by atoms with Crippen molar-refractivity contribution < 1.29 is 4.79 Å². The number of aromatic nitrogens is 4. The van der Waals surface area contributed by atoms with Crippen LogP contribution in [0.1, 0.15) is 29.0 Å². The summed E-state index contributed by atoms with van der Waals surface area (Å²) in [7, 11) is 0. The average Bonchev–Trinajstić information content (AvgIpc) is 3.31. The quantitative estimate of drug-likeness (QED) is 0.599. The van der Waals surface area contributed by atoms with Gasteiger partial charge in [-0.2, -0.15) is 10.2 Å². The number of benzene rings is 2. The first-order valence-corrected chi connectivity index (χ1v) is 8.59. The van der Waals surface area contributed by atoms with Gasteiger partial charge in [-0.15, -0.1) is 0 Å². The van der Waals surface area contributed by atoms with Crippen LogP contribution in [-0.2, 0) is 11.3 Å². The molecule has 1 aliphatic heterocycles. The number of fused-ring (bicyclic) bond motifs is 2. The minimum absolute atomic E-state index is 0.0376. The maximum Gasteiger partial charge on any atom is 0.225 e. The van der Waals surface area contributed by atoms with Crippen LogP contribution in [0.4, 0.5) is 5.69 Å². The maximum atomic E-state index is 12.3. The molecular weight excluding hydrogens is 326 g/mol. The number of aromatic amines is 1. The summed E-state index contributed by atoms with van der Waals surface area (Å²) in [5.74, 6) is 0.0782. The minimum atomic E-state index is 0.0376. The number of H-pyrrole nitrogens is 1. The molecule has 5 rings (SSSR count). The van der Waals surface area contributed by atoms with Crippen LogP contribution >= 0.6 is 0 Å². The van der Waals surface area contributed by atoms with Gasteiger partial charge in [0.25, 0.3) is 0 Å². The van der Waals surface area contributed by atoms with Crippen molar-refractivity contribution in [1.29, 1.82) is 0 Å². The fraction of sp³-hybridized carbons (Fsp3) is 0.150. The van der Waals surface area contributed by atoms with E-state index in [1.807, 2.05) is 29.2 Å². The fourth-order valence-electron chi connectivity index (χ4n) is 3.69. The average molecular weight is 343 g/mol. The third kappa shape index (κ3) is 2.56. The molecule has 0 fully saturated rings. The Bertz CT molecular complexity index is 1100. The Morgan fingerprint density at radius 3 is 3.04 bits per heavy atom. The van der Waals surface area contributed by atoms with Crippen LogP contribution in [0.3, 0.4) is 0 Å². The van der Waals surface area contributed by atoms with Gasteiger partial charge in [-0.25, -0.2) is 0 Å². The molecule has 0 saturated heterocycles. The second-order valence-electron chi connectivity index (χ2n) is 6.65. The van der Waals surface area contributed by atoms with Gasteiger partial charge in [-0.05, 0) is 34.9 Å². The van der Waals surface area contributed by atoms with Crippen molar-refractivity contribution in [3.63, 3.8) is 0 Å². The molecule has 2 N–H and O–H groups in total. The Morgan fingerprint density at radius 1 is 1.19 bits per heavy atom. The Balaban J connectivity index is 1.57. The number of hydrogen-bond donors (Lipinski definition) is 2. The molecule has 0 bridgehead atoms. The van der Waals surface area contributed by atoms with E-state index in [2.05, 4.69) is 50.9 Å². The largest absolute Gasteiger partial charge is 0.326 e. The lowest BCUT2D eigenvalue weighted by Crippen LogP contribution is -2.23. The number of hydrogen-bond acceptors (Lipinski definition) is 3. The van der Waals surface area contributed by atoms with Crippen LogP contribution in [0.15, 0.2) is 61.1 Å². The van der Waals surface area contributed by atoms with E-state index in [0.29, 0.717) is 13.0 Å². The maximum absolute atomic E-state index is 12.3. The van der Waals surface area contributed by atoms with Crippen LogP contribution in [0, 0.1) is 0 Å². The predicted molar refractivity (Wildman–Crippen MR) is 99.0 cm³/mol. The van der Waals surface area contributed by atoms with Crippen molar-refractivity contribution in [2.75, 3.05) is 5.32 Å². The molecule has 0 spiro atoms. The lowest BCUT2D eigenvalue weighted by Gasteiger charge is -2.26. The zero-order valence-electron chi connectivity index (χ0n) is 14.0. The van der Waals surface area contributed by atoms with Gasteiger partial charge >= 0.3 is 0 Å². The van der Waals surface area contributed by atoms with Crippen molar-refractivity contribution >= 4 is 22.5 Å². The summed E-state index contributed by atoms with van der Waals surface area (Å²) in [6, 6.07) is 14.4. The Morgan fingerprint density at radius 2 is 2.15 bits per heavy atom. The first-order valence-electron chi connectivity index (χ1n) is 8.59. The first-order chi connectivity index (χ1) is 12.8. The SMILES string of the molecule is O=C1C[C@H](c2cccc(Cn3cccn3)c2)c2cc3cn[nH]c3cc2N1. The van der Waals surface area contributed by atoms with Crippen molar-refractivity contribution in [2.45, 2.75) is 18.9 Å². The predicted octanol–water partition coefficient (Wildman–Crippen LogP) is 3.28. The monoisotopic (exact) mass is 343 g/mol. The molecule has 0 saturated carbocycles. The number of carbonyl (C=O) groups is 1. The molecule has 26 heavy (non-hydrogen) atoms. The van der Waals surface area contributed by atoms with E-state index in [0.717, 1.165) is 27.7 Å². The van der Waals surface area contributed by atoms with Gasteiger partial charge in [-0.3, -0.25) is 14.6 Å². The van der Waals surface area contributed by atoms with Gasteiger partial charge in [0.2, 0.25) is 5.91 Å². The molecule has 6 nitrogen and oxygen atoms in total. The summed E-state index contributed by atoms with van der Waals surface area (Å²) in [6.07, 6.45) is 5.99. The van der Waals surface area contributed by atoms with Crippen molar-refractivity contribution in [2.24, 2.45) is 0 Å². The second-order valence-corrected chi connectivity index (χ2v) is 6.65. The van der Waals surface area contributed by atoms with Crippen molar-refractivity contribution in [3.8, 4) is 0 Å². The van der Waals surface area contributed by atoms with E-state index >= 15 is 0 Å². The van der Waals surface area contributed by atoms with E-state index in [4.69, 9.17) is 0 Å². The molecule has 4 aromatic rings. The molecule has 0 unspecified atom stereocenters. The number of rotatable bonds is 3. The highest BCUT2D eigenvalue weighted by Crippen LogP contribution is 2.39. The third-order valence-corrected chi connectivity index (χ3v) is 4.91. The van der Waals surface area contributed by atoms with Crippen LogP contribution in [0.2, 0.25) is 0 Å². The molecule has 6 heteroatoms. The molecule has 1 amide bonds. The van der Waals surface area contributed by atoms with E-state index < -0.39 is 0 Å². The smallest absolute Gasteiger partial charge is 0.225 e. The molecule has 3 heterocycles. The third-order valence-electron chi connectivity index (χ3n) is 4.91. The normalized spacial score (nSPS) is 16.5. The zero-order chi connectivity index (χ0) is 17.5. The van der Waals surface area contributed by atoms with Crippen LogP contribution < -0.4 is 5.32 Å². The van der Waals surface area contributed by atoms with Crippen LogP contribution in [0.25, 0.3) is 10.9 Å². The Kier molecular flexibility index (Phi) is 3.35. The molecule has 2 aromatic heterocycles. The van der Waals surface area contributed by atoms with Crippen molar-refractivity contribution in [1.82, 2.24) is 20.0 Å². The molecule has 128 valence electrons.